The van der Waals surface area contributed by atoms with Crippen LogP contribution < -0.4 is 10.1 Å². The van der Waals surface area contributed by atoms with E-state index in [4.69, 9.17) is 9.72 Å². The Labute approximate surface area is 125 Å². The van der Waals surface area contributed by atoms with Crippen molar-refractivity contribution in [2.24, 2.45) is 0 Å². The highest BCUT2D eigenvalue weighted by atomic mass is 32.1. The van der Waals surface area contributed by atoms with Gasteiger partial charge in [-0.25, -0.2) is 4.98 Å². The zero-order valence-corrected chi connectivity index (χ0v) is 13.6. The molecule has 1 aromatic heterocycles. The SMILES string of the molecule is CNCc1sc(-c2ccc(C)cc2OC)nc1C(C)C. The summed E-state index contributed by atoms with van der Waals surface area (Å²) < 4.78 is 5.50. The predicted octanol–water partition coefficient (Wildman–Crippen LogP) is 3.97. The molecule has 0 aliphatic heterocycles. The minimum Gasteiger partial charge on any atom is -0.496 e. The molecule has 1 heterocycles. The van der Waals surface area contributed by atoms with Crippen LogP contribution in [0, 0.1) is 6.92 Å². The highest BCUT2D eigenvalue weighted by Gasteiger charge is 2.17. The van der Waals surface area contributed by atoms with Crippen LogP contribution in [-0.2, 0) is 6.54 Å². The summed E-state index contributed by atoms with van der Waals surface area (Å²) in [6.45, 7) is 7.30. The van der Waals surface area contributed by atoms with Crippen molar-refractivity contribution in [2.45, 2.75) is 33.2 Å². The van der Waals surface area contributed by atoms with Gasteiger partial charge >= 0.3 is 0 Å². The van der Waals surface area contributed by atoms with Crippen LogP contribution in [-0.4, -0.2) is 19.1 Å². The van der Waals surface area contributed by atoms with E-state index < -0.39 is 0 Å². The van der Waals surface area contributed by atoms with Gasteiger partial charge in [0, 0.05) is 11.4 Å². The molecular formula is C16H22N2OS. The minimum atomic E-state index is 0.430. The smallest absolute Gasteiger partial charge is 0.129 e. The molecule has 4 heteroatoms. The van der Waals surface area contributed by atoms with Gasteiger partial charge in [-0.1, -0.05) is 19.9 Å². The van der Waals surface area contributed by atoms with Crippen molar-refractivity contribution in [3.63, 3.8) is 0 Å². The molecule has 0 atom stereocenters. The Kier molecular flexibility index (Phi) is 4.78. The number of hydrogen-bond donors (Lipinski definition) is 1. The normalized spacial score (nSPS) is 11.1. The monoisotopic (exact) mass is 290 g/mol. The molecule has 1 N–H and O–H groups in total. The van der Waals surface area contributed by atoms with Gasteiger partial charge in [0.15, 0.2) is 0 Å². The van der Waals surface area contributed by atoms with Gasteiger partial charge in [0.1, 0.15) is 10.8 Å². The molecule has 2 aromatic rings. The van der Waals surface area contributed by atoms with E-state index >= 15 is 0 Å². The largest absolute Gasteiger partial charge is 0.496 e. The molecule has 0 aliphatic rings. The average molecular weight is 290 g/mol. The number of nitrogens with zero attached hydrogens (tertiary/aromatic N) is 1. The zero-order valence-electron chi connectivity index (χ0n) is 12.8. The van der Waals surface area contributed by atoms with E-state index in [0.29, 0.717) is 5.92 Å². The van der Waals surface area contributed by atoms with E-state index in [2.05, 4.69) is 44.3 Å². The molecule has 0 bridgehead atoms. The third-order valence-electron chi connectivity index (χ3n) is 3.20. The maximum absolute atomic E-state index is 5.50. The summed E-state index contributed by atoms with van der Waals surface area (Å²) in [5, 5.41) is 4.26. The van der Waals surface area contributed by atoms with Crippen molar-refractivity contribution in [3.05, 3.63) is 34.3 Å². The number of benzene rings is 1. The molecule has 0 saturated carbocycles. The van der Waals surface area contributed by atoms with Crippen molar-refractivity contribution in [1.29, 1.82) is 0 Å². The Morgan fingerprint density at radius 1 is 1.35 bits per heavy atom. The van der Waals surface area contributed by atoms with Gasteiger partial charge in [-0.3, -0.25) is 0 Å². The Morgan fingerprint density at radius 3 is 2.70 bits per heavy atom. The first-order chi connectivity index (χ1) is 9.56. The summed E-state index contributed by atoms with van der Waals surface area (Å²) in [6.07, 6.45) is 0. The van der Waals surface area contributed by atoms with E-state index in [1.807, 2.05) is 7.05 Å². The minimum absolute atomic E-state index is 0.430. The topological polar surface area (TPSA) is 34.1 Å². The van der Waals surface area contributed by atoms with Crippen molar-refractivity contribution >= 4 is 11.3 Å². The van der Waals surface area contributed by atoms with Gasteiger partial charge < -0.3 is 10.1 Å². The fourth-order valence-electron chi connectivity index (χ4n) is 2.19. The second-order valence-electron chi connectivity index (χ2n) is 5.22. The molecule has 0 amide bonds. The van der Waals surface area contributed by atoms with Crippen LogP contribution >= 0.6 is 11.3 Å². The molecule has 0 radical (unpaired) electrons. The summed E-state index contributed by atoms with van der Waals surface area (Å²) in [4.78, 5) is 6.14. The van der Waals surface area contributed by atoms with Crippen LogP contribution in [0.4, 0.5) is 0 Å². The number of aryl methyl sites for hydroxylation is 1. The Morgan fingerprint density at radius 2 is 2.10 bits per heavy atom. The van der Waals surface area contributed by atoms with Crippen LogP contribution in [0.5, 0.6) is 5.75 Å². The number of rotatable bonds is 5. The lowest BCUT2D eigenvalue weighted by molar-refractivity contribution is 0.416. The van der Waals surface area contributed by atoms with Crippen molar-refractivity contribution in [1.82, 2.24) is 10.3 Å². The lowest BCUT2D eigenvalue weighted by Gasteiger charge is -2.06. The molecule has 0 saturated heterocycles. The summed E-state index contributed by atoms with van der Waals surface area (Å²) >= 11 is 1.75. The molecule has 0 spiro atoms. The van der Waals surface area contributed by atoms with Crippen LogP contribution in [0.25, 0.3) is 10.6 Å². The average Bonchev–Trinajstić information content (AvgIpc) is 2.83. The summed E-state index contributed by atoms with van der Waals surface area (Å²) in [7, 11) is 3.68. The fourth-order valence-corrected chi connectivity index (χ4v) is 3.45. The van der Waals surface area contributed by atoms with Gasteiger partial charge in [-0.15, -0.1) is 11.3 Å². The molecule has 1 aromatic carbocycles. The van der Waals surface area contributed by atoms with Crippen LogP contribution in [0.3, 0.4) is 0 Å². The zero-order chi connectivity index (χ0) is 14.7. The second kappa shape index (κ2) is 6.37. The molecule has 3 nitrogen and oxygen atoms in total. The van der Waals surface area contributed by atoms with Crippen LogP contribution in [0.1, 0.15) is 35.9 Å². The first kappa shape index (κ1) is 15.0. The number of methoxy groups -OCH3 is 1. The molecule has 0 unspecified atom stereocenters. The third-order valence-corrected chi connectivity index (χ3v) is 4.30. The highest BCUT2D eigenvalue weighted by Crippen LogP contribution is 2.36. The van der Waals surface area contributed by atoms with Crippen molar-refractivity contribution in [3.8, 4) is 16.3 Å². The third kappa shape index (κ3) is 3.02. The lowest BCUT2D eigenvalue weighted by Crippen LogP contribution is -2.06. The van der Waals surface area contributed by atoms with Gasteiger partial charge in [0.25, 0.3) is 0 Å². The first-order valence-corrected chi connectivity index (χ1v) is 7.67. The quantitative estimate of drug-likeness (QED) is 0.904. The summed E-state index contributed by atoms with van der Waals surface area (Å²) in [6, 6.07) is 6.26. The molecule has 2 rings (SSSR count). The predicted molar refractivity (Wildman–Crippen MR) is 85.7 cm³/mol. The Bertz CT molecular complexity index is 590. The van der Waals surface area contributed by atoms with Gasteiger partial charge in [-0.2, -0.15) is 0 Å². The molecule has 108 valence electrons. The number of hydrogen-bond acceptors (Lipinski definition) is 4. The molecule has 0 fully saturated rings. The Hall–Kier alpha value is -1.39. The maximum Gasteiger partial charge on any atom is 0.129 e. The maximum atomic E-state index is 5.50. The van der Waals surface area contributed by atoms with Crippen LogP contribution in [0.2, 0.25) is 0 Å². The number of nitrogens with one attached hydrogen (secondary N) is 1. The number of ether oxygens (including phenoxy) is 1. The lowest BCUT2D eigenvalue weighted by atomic mass is 10.1. The Balaban J connectivity index is 2.50. The second-order valence-corrected chi connectivity index (χ2v) is 6.30. The standard InChI is InChI=1S/C16H22N2OS/c1-10(2)15-14(9-17-4)20-16(18-15)12-7-6-11(3)8-13(12)19-5/h6-8,10,17H,9H2,1-5H3. The van der Waals surface area contributed by atoms with E-state index in [1.54, 1.807) is 18.4 Å². The van der Waals surface area contributed by atoms with Crippen molar-refractivity contribution in [2.75, 3.05) is 14.2 Å². The van der Waals surface area contributed by atoms with E-state index in [-0.39, 0.29) is 0 Å². The van der Waals surface area contributed by atoms with Gasteiger partial charge in [0.05, 0.1) is 18.4 Å². The highest BCUT2D eigenvalue weighted by molar-refractivity contribution is 7.15. The van der Waals surface area contributed by atoms with E-state index in [9.17, 15) is 0 Å². The molecular weight excluding hydrogens is 268 g/mol. The molecule has 0 aliphatic carbocycles. The van der Waals surface area contributed by atoms with Gasteiger partial charge in [-0.05, 0) is 37.6 Å². The fraction of sp³-hybridized carbons (Fsp3) is 0.438. The van der Waals surface area contributed by atoms with Crippen LogP contribution in [0.15, 0.2) is 18.2 Å². The van der Waals surface area contributed by atoms with Crippen molar-refractivity contribution < 1.29 is 4.74 Å². The van der Waals surface area contributed by atoms with E-state index in [0.717, 1.165) is 22.9 Å². The number of aromatic nitrogens is 1. The summed E-state index contributed by atoms with van der Waals surface area (Å²) in [5.74, 6) is 1.32. The van der Waals surface area contributed by atoms with Gasteiger partial charge in [0.2, 0.25) is 0 Å². The van der Waals surface area contributed by atoms with E-state index in [1.165, 1.54) is 16.1 Å². The molecule has 20 heavy (non-hydrogen) atoms. The number of thiazole rings is 1. The first-order valence-electron chi connectivity index (χ1n) is 6.86. The summed E-state index contributed by atoms with van der Waals surface area (Å²) in [5.41, 5.74) is 3.45.